The zero-order chi connectivity index (χ0) is 36.3. The number of amides is 5. The number of aryl methyl sites for hydroxylation is 1. The molecular weight excluding hydrogens is 628 g/mol. The number of pyridine rings is 1. The number of aliphatic hydroxyl groups is 1. The second-order valence-corrected chi connectivity index (χ2v) is 15.4. The number of nitrogens with one attached hydrogen (secondary N) is 4. The lowest BCUT2D eigenvalue weighted by atomic mass is 9.85. The summed E-state index contributed by atoms with van der Waals surface area (Å²) in [6.45, 7) is 14.9. The van der Waals surface area contributed by atoms with Crippen molar-refractivity contribution in [3.63, 3.8) is 0 Å². The lowest BCUT2D eigenvalue weighted by molar-refractivity contribution is -0.143. The third kappa shape index (κ3) is 9.96. The first-order valence-electron chi connectivity index (χ1n) is 17.2. The molecule has 4 rings (SSSR count). The molecule has 13 nitrogen and oxygen atoms in total. The monoisotopic (exact) mass is 682 g/mol. The highest BCUT2D eigenvalue weighted by molar-refractivity contribution is 5.94. The number of hydrogen-bond donors (Lipinski definition) is 5. The predicted octanol–water partition coefficient (Wildman–Crippen LogP) is 3.34. The van der Waals surface area contributed by atoms with Gasteiger partial charge in [-0.3, -0.25) is 19.4 Å². The molecular formula is C36H54N6O7. The largest absolute Gasteiger partial charge is 0.497 e. The van der Waals surface area contributed by atoms with E-state index in [-0.39, 0.29) is 19.0 Å². The minimum atomic E-state index is -1.45. The number of rotatable bonds is 12. The van der Waals surface area contributed by atoms with E-state index in [0.717, 1.165) is 23.9 Å². The van der Waals surface area contributed by atoms with Crippen LogP contribution in [0.4, 0.5) is 4.79 Å². The van der Waals surface area contributed by atoms with Crippen LogP contribution in [-0.2, 0) is 14.4 Å². The van der Waals surface area contributed by atoms with Gasteiger partial charge in [0.2, 0.25) is 11.8 Å². The molecule has 49 heavy (non-hydrogen) atoms. The maximum atomic E-state index is 14.4. The SMILES string of the molecule is CCC[C@H](NC(=O)[C@@H]1CC(Oc2cc(C)nc3cc(OC)ccc23)CN1C(=O)[C@@H](NC(=O)NC(C)(C)C)C(C)(C)C)C(O)C(=O)NC1CC1. The summed E-state index contributed by atoms with van der Waals surface area (Å²) in [5.74, 6) is -0.280. The van der Waals surface area contributed by atoms with Crippen LogP contribution in [0.1, 0.15) is 86.3 Å². The summed E-state index contributed by atoms with van der Waals surface area (Å²) < 4.78 is 11.9. The molecule has 2 aromatic rings. The third-order valence-corrected chi connectivity index (χ3v) is 8.63. The van der Waals surface area contributed by atoms with E-state index in [1.54, 1.807) is 7.11 Å². The number of likely N-dealkylation sites (tertiary alicyclic amines) is 1. The Morgan fingerprint density at radius 1 is 1.06 bits per heavy atom. The fourth-order valence-corrected chi connectivity index (χ4v) is 6.00. The molecule has 5 amide bonds. The Morgan fingerprint density at radius 2 is 1.76 bits per heavy atom. The van der Waals surface area contributed by atoms with Crippen molar-refractivity contribution in [2.45, 2.75) is 129 Å². The maximum Gasteiger partial charge on any atom is 0.315 e. The van der Waals surface area contributed by atoms with E-state index in [4.69, 9.17) is 9.47 Å². The van der Waals surface area contributed by atoms with Gasteiger partial charge in [-0.05, 0) is 64.5 Å². The van der Waals surface area contributed by atoms with Crippen LogP contribution in [0.5, 0.6) is 11.5 Å². The van der Waals surface area contributed by atoms with Gasteiger partial charge in [0, 0.05) is 41.2 Å². The van der Waals surface area contributed by atoms with Gasteiger partial charge in [0.25, 0.3) is 5.91 Å². The van der Waals surface area contributed by atoms with Gasteiger partial charge in [0.1, 0.15) is 29.7 Å². The van der Waals surface area contributed by atoms with Crippen molar-refractivity contribution in [2.24, 2.45) is 5.41 Å². The fraction of sp³-hybridized carbons (Fsp3) is 0.639. The van der Waals surface area contributed by atoms with Gasteiger partial charge in [-0.2, -0.15) is 0 Å². The van der Waals surface area contributed by atoms with Crippen LogP contribution in [0.3, 0.4) is 0 Å². The zero-order valence-electron chi connectivity index (χ0n) is 30.3. The molecule has 1 aliphatic carbocycles. The van der Waals surface area contributed by atoms with Crippen LogP contribution in [-0.4, -0.2) is 94.3 Å². The number of hydrogen-bond acceptors (Lipinski definition) is 8. The van der Waals surface area contributed by atoms with Crippen LogP contribution in [0.2, 0.25) is 0 Å². The Morgan fingerprint density at radius 3 is 2.35 bits per heavy atom. The smallest absolute Gasteiger partial charge is 0.315 e. The van der Waals surface area contributed by atoms with Gasteiger partial charge < -0.3 is 40.7 Å². The Balaban J connectivity index is 1.65. The number of ether oxygens (including phenoxy) is 2. The van der Waals surface area contributed by atoms with Gasteiger partial charge in [-0.25, -0.2) is 4.79 Å². The molecule has 0 radical (unpaired) electrons. The average Bonchev–Trinajstić information content (AvgIpc) is 3.72. The summed E-state index contributed by atoms with van der Waals surface area (Å²) in [7, 11) is 1.58. The highest BCUT2D eigenvalue weighted by Crippen LogP contribution is 2.33. The Labute approximate surface area is 289 Å². The highest BCUT2D eigenvalue weighted by Gasteiger charge is 2.47. The number of nitrogens with zero attached hydrogens (tertiary/aromatic N) is 2. The quantitative estimate of drug-likeness (QED) is 0.227. The number of carbonyl (C=O) groups excluding carboxylic acids is 4. The molecule has 2 heterocycles. The van der Waals surface area contributed by atoms with E-state index < -0.39 is 65.0 Å². The van der Waals surface area contributed by atoms with E-state index in [9.17, 15) is 24.3 Å². The minimum absolute atomic E-state index is 0.0484. The fourth-order valence-electron chi connectivity index (χ4n) is 6.00. The number of benzene rings is 1. The molecule has 1 saturated heterocycles. The van der Waals surface area contributed by atoms with Crippen molar-refractivity contribution in [1.29, 1.82) is 0 Å². The van der Waals surface area contributed by atoms with Gasteiger partial charge in [0.15, 0.2) is 6.10 Å². The van der Waals surface area contributed by atoms with Gasteiger partial charge >= 0.3 is 6.03 Å². The first-order chi connectivity index (χ1) is 22.9. The minimum Gasteiger partial charge on any atom is -0.497 e. The Bertz CT molecular complexity index is 1530. The van der Waals surface area contributed by atoms with Crippen LogP contribution in [0, 0.1) is 12.3 Å². The molecule has 1 aliphatic heterocycles. The first-order valence-corrected chi connectivity index (χ1v) is 17.2. The van der Waals surface area contributed by atoms with Gasteiger partial charge in [0.05, 0.1) is 25.2 Å². The summed E-state index contributed by atoms with van der Waals surface area (Å²) in [6, 6.07) is 4.01. The molecule has 0 bridgehead atoms. The van der Waals surface area contributed by atoms with E-state index in [0.29, 0.717) is 29.9 Å². The molecule has 2 unspecified atom stereocenters. The second kappa shape index (κ2) is 15.2. The molecule has 1 saturated carbocycles. The summed E-state index contributed by atoms with van der Waals surface area (Å²) in [5, 5.41) is 23.1. The number of methoxy groups -OCH3 is 1. The number of aromatic nitrogens is 1. The molecule has 5 N–H and O–H groups in total. The van der Waals surface area contributed by atoms with Crippen molar-refractivity contribution in [3.05, 3.63) is 30.0 Å². The van der Waals surface area contributed by atoms with E-state index >= 15 is 0 Å². The predicted molar refractivity (Wildman–Crippen MR) is 186 cm³/mol. The van der Waals surface area contributed by atoms with E-state index in [2.05, 4.69) is 26.3 Å². The van der Waals surface area contributed by atoms with Crippen molar-refractivity contribution in [1.82, 2.24) is 31.2 Å². The second-order valence-electron chi connectivity index (χ2n) is 15.4. The van der Waals surface area contributed by atoms with E-state index in [1.807, 2.05) is 79.7 Å². The summed E-state index contributed by atoms with van der Waals surface area (Å²) in [4.78, 5) is 60.4. The molecule has 270 valence electrons. The number of carbonyl (C=O) groups is 4. The van der Waals surface area contributed by atoms with Gasteiger partial charge in [-0.1, -0.05) is 34.1 Å². The zero-order valence-corrected chi connectivity index (χ0v) is 30.3. The average molecular weight is 683 g/mol. The van der Waals surface area contributed by atoms with Crippen molar-refractivity contribution in [2.75, 3.05) is 13.7 Å². The topological polar surface area (TPSA) is 171 Å². The molecule has 5 atom stereocenters. The number of aliphatic hydroxyl groups excluding tert-OH is 1. The Hall–Kier alpha value is -4.13. The molecule has 1 aromatic carbocycles. The number of fused-ring (bicyclic) bond motifs is 1. The third-order valence-electron chi connectivity index (χ3n) is 8.63. The number of urea groups is 1. The summed E-state index contributed by atoms with van der Waals surface area (Å²) in [6.07, 6.45) is 0.789. The first kappa shape index (κ1) is 37.7. The van der Waals surface area contributed by atoms with Gasteiger partial charge in [-0.15, -0.1) is 0 Å². The van der Waals surface area contributed by atoms with Crippen molar-refractivity contribution < 1.29 is 33.8 Å². The molecule has 0 spiro atoms. The van der Waals surface area contributed by atoms with Crippen LogP contribution >= 0.6 is 0 Å². The van der Waals surface area contributed by atoms with E-state index in [1.165, 1.54) is 4.90 Å². The molecule has 2 fully saturated rings. The Kier molecular flexibility index (Phi) is 11.7. The van der Waals surface area contributed by atoms with Crippen molar-refractivity contribution in [3.8, 4) is 11.5 Å². The molecule has 13 heteroatoms. The van der Waals surface area contributed by atoms with Crippen molar-refractivity contribution >= 4 is 34.7 Å². The normalized spacial score (nSPS) is 19.8. The molecule has 2 aliphatic rings. The molecule has 1 aromatic heterocycles. The maximum absolute atomic E-state index is 14.4. The van der Waals surface area contributed by atoms with Crippen LogP contribution in [0.15, 0.2) is 24.3 Å². The summed E-state index contributed by atoms with van der Waals surface area (Å²) >= 11 is 0. The lowest BCUT2D eigenvalue weighted by Crippen LogP contribution is -2.61. The highest BCUT2D eigenvalue weighted by atomic mass is 16.5. The van der Waals surface area contributed by atoms with Crippen LogP contribution in [0.25, 0.3) is 10.9 Å². The standard InChI is InChI=1S/C36H54N6O7/c1-10-11-25(29(43)32(45)38-21-12-13-21)39-31(44)27-18-23(49-28-16-20(2)37-26-17-22(48-9)14-15-24(26)28)19-42(27)33(46)30(35(3,4)5)40-34(47)41-36(6,7)8/h14-17,21,23,25,27,29-30,43H,10-13,18-19H2,1-9H3,(H,38,45)(H,39,44)(H2,40,41,47)/t23?,25-,27-,29?,30+/m0/s1. The lowest BCUT2D eigenvalue weighted by Gasteiger charge is -2.36. The van der Waals surface area contributed by atoms with Crippen LogP contribution < -0.4 is 30.7 Å². The summed E-state index contributed by atoms with van der Waals surface area (Å²) in [5.41, 5.74) is 0.142.